The molecule has 21 heavy (non-hydrogen) atoms. The Balaban J connectivity index is 1.85. The van der Waals surface area contributed by atoms with Crippen molar-refractivity contribution in [3.8, 4) is 5.75 Å². The van der Waals surface area contributed by atoms with Gasteiger partial charge in [-0.1, -0.05) is 26.0 Å². The molecule has 0 spiro atoms. The third-order valence-corrected chi connectivity index (χ3v) is 4.76. The predicted molar refractivity (Wildman–Crippen MR) is 82.0 cm³/mol. The van der Waals surface area contributed by atoms with Gasteiger partial charge in [-0.25, -0.2) is 0 Å². The van der Waals surface area contributed by atoms with Gasteiger partial charge < -0.3 is 9.64 Å². The van der Waals surface area contributed by atoms with E-state index in [1.807, 2.05) is 18.2 Å². The Morgan fingerprint density at radius 3 is 2.86 bits per heavy atom. The van der Waals surface area contributed by atoms with Gasteiger partial charge in [0.1, 0.15) is 11.9 Å². The van der Waals surface area contributed by atoms with Crippen molar-refractivity contribution < 1.29 is 9.53 Å². The highest BCUT2D eigenvalue weighted by Gasteiger charge is 2.42. The lowest BCUT2D eigenvalue weighted by Gasteiger charge is -2.31. The molecule has 2 atom stereocenters. The molecular weight excluding hydrogens is 264 g/mol. The zero-order valence-corrected chi connectivity index (χ0v) is 13.1. The van der Waals surface area contributed by atoms with E-state index in [0.717, 1.165) is 24.2 Å². The number of ether oxygens (including phenoxy) is 1. The van der Waals surface area contributed by atoms with Crippen LogP contribution < -0.4 is 10.1 Å². The van der Waals surface area contributed by atoms with Crippen molar-refractivity contribution in [2.75, 3.05) is 13.7 Å². The summed E-state index contributed by atoms with van der Waals surface area (Å²) in [4.78, 5) is 14.4. The first kappa shape index (κ1) is 14.4. The number of carbonyl (C=O) groups is 1. The molecule has 4 nitrogen and oxygen atoms in total. The minimum atomic E-state index is -0.0218. The first-order valence-corrected chi connectivity index (χ1v) is 7.69. The molecule has 1 aromatic rings. The molecule has 2 aliphatic rings. The molecule has 2 fully saturated rings. The molecule has 1 saturated heterocycles. The van der Waals surface area contributed by atoms with Crippen LogP contribution in [0, 0.1) is 5.41 Å². The second-order valence-electron chi connectivity index (χ2n) is 6.92. The maximum atomic E-state index is 12.3. The summed E-state index contributed by atoms with van der Waals surface area (Å²) < 4.78 is 5.30. The summed E-state index contributed by atoms with van der Waals surface area (Å²) in [7, 11) is 1.67. The largest absolute Gasteiger partial charge is 0.497 e. The molecule has 2 unspecified atom stereocenters. The molecule has 3 rings (SSSR count). The van der Waals surface area contributed by atoms with Crippen LogP contribution in [0.2, 0.25) is 0 Å². The van der Waals surface area contributed by atoms with Crippen LogP contribution in [0.15, 0.2) is 24.3 Å². The molecule has 1 aliphatic carbocycles. The van der Waals surface area contributed by atoms with Crippen LogP contribution in [0.1, 0.15) is 44.8 Å². The standard InChI is InChI=1S/C17H24N2O2/c1-17(2)8-7-13(10-17)19-15(20)11-18-16(19)12-5-4-6-14(9-12)21-3/h4-6,9,13,16,18H,7-8,10-11H2,1-3H3. The summed E-state index contributed by atoms with van der Waals surface area (Å²) in [6, 6.07) is 8.34. The number of carbonyl (C=O) groups excluding carboxylic acids is 1. The van der Waals surface area contributed by atoms with Crippen molar-refractivity contribution in [2.24, 2.45) is 5.41 Å². The van der Waals surface area contributed by atoms with Gasteiger partial charge in [0, 0.05) is 6.04 Å². The normalized spacial score (nSPS) is 28.1. The number of benzene rings is 1. The lowest BCUT2D eigenvalue weighted by atomic mass is 9.91. The highest BCUT2D eigenvalue weighted by molar-refractivity contribution is 5.81. The SMILES string of the molecule is COc1cccc(C2NCC(=O)N2C2CCC(C)(C)C2)c1. The van der Waals surface area contributed by atoms with Crippen molar-refractivity contribution in [3.05, 3.63) is 29.8 Å². The molecule has 1 heterocycles. The van der Waals surface area contributed by atoms with E-state index >= 15 is 0 Å². The van der Waals surface area contributed by atoms with Crippen LogP contribution >= 0.6 is 0 Å². The molecule has 1 aliphatic heterocycles. The Bertz CT molecular complexity index is 541. The number of nitrogens with zero attached hydrogens (tertiary/aromatic N) is 1. The van der Waals surface area contributed by atoms with Crippen LogP contribution in [0.3, 0.4) is 0 Å². The molecule has 0 bridgehead atoms. The topological polar surface area (TPSA) is 41.6 Å². The molecule has 0 radical (unpaired) electrons. The fourth-order valence-corrected chi connectivity index (χ4v) is 3.66. The lowest BCUT2D eigenvalue weighted by molar-refractivity contribution is -0.130. The Morgan fingerprint density at radius 1 is 1.38 bits per heavy atom. The first-order chi connectivity index (χ1) is 10.00. The molecule has 1 amide bonds. The van der Waals surface area contributed by atoms with E-state index in [9.17, 15) is 4.79 Å². The van der Waals surface area contributed by atoms with Crippen LogP contribution in [0.4, 0.5) is 0 Å². The number of hydrogen-bond acceptors (Lipinski definition) is 3. The maximum absolute atomic E-state index is 12.3. The van der Waals surface area contributed by atoms with Gasteiger partial charge >= 0.3 is 0 Å². The van der Waals surface area contributed by atoms with Crippen LogP contribution in [-0.2, 0) is 4.79 Å². The molecule has 1 N–H and O–H groups in total. The fourth-order valence-electron chi connectivity index (χ4n) is 3.66. The quantitative estimate of drug-likeness (QED) is 0.930. The average molecular weight is 288 g/mol. The number of rotatable bonds is 3. The molecular formula is C17H24N2O2. The van der Waals surface area contributed by atoms with Crippen molar-refractivity contribution in [1.82, 2.24) is 10.2 Å². The third kappa shape index (κ3) is 2.77. The van der Waals surface area contributed by atoms with Crippen LogP contribution in [0.5, 0.6) is 5.75 Å². The van der Waals surface area contributed by atoms with Crippen molar-refractivity contribution in [3.63, 3.8) is 0 Å². The molecule has 114 valence electrons. The molecule has 4 heteroatoms. The number of amides is 1. The Labute approximate surface area is 126 Å². The van der Waals surface area contributed by atoms with E-state index in [2.05, 4.69) is 30.1 Å². The zero-order valence-electron chi connectivity index (χ0n) is 13.1. The molecule has 1 saturated carbocycles. The fraction of sp³-hybridized carbons (Fsp3) is 0.588. The lowest BCUT2D eigenvalue weighted by Crippen LogP contribution is -2.38. The van der Waals surface area contributed by atoms with E-state index in [-0.39, 0.29) is 12.1 Å². The van der Waals surface area contributed by atoms with Gasteiger partial charge in [-0.15, -0.1) is 0 Å². The smallest absolute Gasteiger partial charge is 0.238 e. The average Bonchev–Trinajstić information content (AvgIpc) is 3.01. The van der Waals surface area contributed by atoms with Crippen LogP contribution in [-0.4, -0.2) is 30.5 Å². The maximum Gasteiger partial charge on any atom is 0.238 e. The van der Waals surface area contributed by atoms with Gasteiger partial charge in [-0.2, -0.15) is 0 Å². The van der Waals surface area contributed by atoms with Gasteiger partial charge in [0.25, 0.3) is 0 Å². The summed E-state index contributed by atoms with van der Waals surface area (Å²) in [6.45, 7) is 5.02. The van der Waals surface area contributed by atoms with E-state index < -0.39 is 0 Å². The summed E-state index contributed by atoms with van der Waals surface area (Å²) in [5.74, 6) is 1.05. The third-order valence-electron chi connectivity index (χ3n) is 4.76. The van der Waals surface area contributed by atoms with E-state index in [1.165, 1.54) is 6.42 Å². The van der Waals surface area contributed by atoms with Gasteiger partial charge in [0.05, 0.1) is 13.7 Å². The van der Waals surface area contributed by atoms with E-state index in [4.69, 9.17) is 4.74 Å². The Kier molecular flexibility index (Phi) is 3.66. The van der Waals surface area contributed by atoms with Gasteiger partial charge in [0.2, 0.25) is 5.91 Å². The summed E-state index contributed by atoms with van der Waals surface area (Å²) >= 11 is 0. The number of hydrogen-bond donors (Lipinski definition) is 1. The summed E-state index contributed by atoms with van der Waals surface area (Å²) in [5.41, 5.74) is 1.44. The molecule has 1 aromatic carbocycles. The van der Waals surface area contributed by atoms with Crippen molar-refractivity contribution in [1.29, 1.82) is 0 Å². The Hall–Kier alpha value is -1.55. The van der Waals surface area contributed by atoms with Gasteiger partial charge in [-0.05, 0) is 42.4 Å². The Morgan fingerprint density at radius 2 is 2.19 bits per heavy atom. The first-order valence-electron chi connectivity index (χ1n) is 7.69. The summed E-state index contributed by atoms with van der Waals surface area (Å²) in [5, 5.41) is 3.35. The number of methoxy groups -OCH3 is 1. The van der Waals surface area contributed by atoms with Crippen molar-refractivity contribution >= 4 is 5.91 Å². The highest BCUT2D eigenvalue weighted by Crippen LogP contribution is 2.42. The van der Waals surface area contributed by atoms with Gasteiger partial charge in [0.15, 0.2) is 0 Å². The second-order valence-corrected chi connectivity index (χ2v) is 6.92. The minimum absolute atomic E-state index is 0.0218. The zero-order chi connectivity index (χ0) is 15.0. The highest BCUT2D eigenvalue weighted by atomic mass is 16.5. The molecule has 0 aromatic heterocycles. The van der Waals surface area contributed by atoms with Crippen molar-refractivity contribution in [2.45, 2.75) is 45.3 Å². The summed E-state index contributed by atoms with van der Waals surface area (Å²) in [6.07, 6.45) is 3.35. The van der Waals surface area contributed by atoms with E-state index in [1.54, 1.807) is 7.11 Å². The predicted octanol–water partition coefficient (Wildman–Crippen LogP) is 2.70. The second kappa shape index (κ2) is 5.34. The van der Waals surface area contributed by atoms with Crippen LogP contribution in [0.25, 0.3) is 0 Å². The monoisotopic (exact) mass is 288 g/mol. The van der Waals surface area contributed by atoms with Gasteiger partial charge in [-0.3, -0.25) is 10.1 Å². The minimum Gasteiger partial charge on any atom is -0.497 e. The number of nitrogens with one attached hydrogen (secondary N) is 1. The van der Waals surface area contributed by atoms with E-state index in [0.29, 0.717) is 18.0 Å².